The normalized spacial score (nSPS) is 15.3. The number of nitrogens with zero attached hydrogens (tertiary/aromatic N) is 1. The molecule has 0 saturated carbocycles. The van der Waals surface area contributed by atoms with Gasteiger partial charge in [-0.05, 0) is 48.7 Å². The highest BCUT2D eigenvalue weighted by molar-refractivity contribution is 6.33. The van der Waals surface area contributed by atoms with E-state index in [4.69, 9.17) is 17.3 Å². The first-order chi connectivity index (χ1) is 9.56. The van der Waals surface area contributed by atoms with Gasteiger partial charge in [0.15, 0.2) is 0 Å². The van der Waals surface area contributed by atoms with Gasteiger partial charge in [0.2, 0.25) is 0 Å². The lowest BCUT2D eigenvalue weighted by Gasteiger charge is -2.22. The summed E-state index contributed by atoms with van der Waals surface area (Å²) in [5, 5.41) is 0.650. The highest BCUT2D eigenvalue weighted by Gasteiger charge is 2.22. The van der Waals surface area contributed by atoms with Gasteiger partial charge in [-0.2, -0.15) is 0 Å². The van der Waals surface area contributed by atoms with Gasteiger partial charge < -0.3 is 10.6 Å². The standard InChI is InChI=1S/C16H16ClFN2/c1-10(19)12-3-5-15(14(17)8-12)20-7-6-11-2-4-13(18)9-16(11)20/h2-5,8-10H,6-7,19H2,1H3. The minimum absolute atomic E-state index is 0.0511. The van der Waals surface area contributed by atoms with Crippen molar-refractivity contribution in [2.24, 2.45) is 5.73 Å². The topological polar surface area (TPSA) is 29.3 Å². The molecular weight excluding hydrogens is 275 g/mol. The maximum Gasteiger partial charge on any atom is 0.125 e. The molecule has 0 spiro atoms. The fourth-order valence-corrected chi connectivity index (χ4v) is 2.92. The van der Waals surface area contributed by atoms with Gasteiger partial charge in [-0.15, -0.1) is 0 Å². The van der Waals surface area contributed by atoms with Crippen molar-refractivity contribution < 1.29 is 4.39 Å². The zero-order chi connectivity index (χ0) is 14.3. The molecule has 2 nitrogen and oxygen atoms in total. The van der Waals surface area contributed by atoms with Crippen molar-refractivity contribution in [1.29, 1.82) is 0 Å². The van der Waals surface area contributed by atoms with Crippen molar-refractivity contribution in [1.82, 2.24) is 0 Å². The van der Waals surface area contributed by atoms with E-state index in [0.717, 1.165) is 35.5 Å². The van der Waals surface area contributed by atoms with E-state index in [-0.39, 0.29) is 11.9 Å². The van der Waals surface area contributed by atoms with Crippen molar-refractivity contribution in [3.8, 4) is 0 Å². The second-order valence-electron chi connectivity index (χ2n) is 5.17. The minimum atomic E-state index is -0.223. The van der Waals surface area contributed by atoms with Crippen molar-refractivity contribution in [2.45, 2.75) is 19.4 Å². The summed E-state index contributed by atoms with van der Waals surface area (Å²) < 4.78 is 13.4. The molecule has 0 saturated heterocycles. The van der Waals surface area contributed by atoms with E-state index in [0.29, 0.717) is 5.02 Å². The Morgan fingerprint density at radius 3 is 2.70 bits per heavy atom. The number of benzene rings is 2. The summed E-state index contributed by atoms with van der Waals surface area (Å²) in [6, 6.07) is 10.7. The number of fused-ring (bicyclic) bond motifs is 1. The van der Waals surface area contributed by atoms with Crippen molar-refractivity contribution in [2.75, 3.05) is 11.4 Å². The highest BCUT2D eigenvalue weighted by atomic mass is 35.5. The van der Waals surface area contributed by atoms with Crippen LogP contribution in [-0.2, 0) is 6.42 Å². The van der Waals surface area contributed by atoms with E-state index < -0.39 is 0 Å². The number of hydrogen-bond acceptors (Lipinski definition) is 2. The maximum atomic E-state index is 13.4. The molecule has 1 atom stereocenters. The van der Waals surface area contributed by atoms with Crippen LogP contribution in [-0.4, -0.2) is 6.54 Å². The first-order valence-corrected chi connectivity index (χ1v) is 7.05. The predicted molar refractivity (Wildman–Crippen MR) is 81.2 cm³/mol. The number of rotatable bonds is 2. The summed E-state index contributed by atoms with van der Waals surface area (Å²) in [6.07, 6.45) is 0.904. The molecule has 4 heteroatoms. The van der Waals surface area contributed by atoms with E-state index in [1.54, 1.807) is 6.07 Å². The van der Waals surface area contributed by atoms with Crippen LogP contribution in [0.1, 0.15) is 24.1 Å². The third-order valence-electron chi connectivity index (χ3n) is 3.73. The molecule has 104 valence electrons. The van der Waals surface area contributed by atoms with Crippen LogP contribution >= 0.6 is 11.6 Å². The Labute approximate surface area is 123 Å². The Kier molecular flexibility index (Phi) is 3.40. The van der Waals surface area contributed by atoms with Crippen LogP contribution in [0, 0.1) is 5.82 Å². The third-order valence-corrected chi connectivity index (χ3v) is 4.03. The number of anilines is 2. The van der Waals surface area contributed by atoms with Gasteiger partial charge in [0, 0.05) is 18.3 Å². The van der Waals surface area contributed by atoms with Crippen molar-refractivity contribution in [3.63, 3.8) is 0 Å². The highest BCUT2D eigenvalue weighted by Crippen LogP contribution is 2.39. The SMILES string of the molecule is CC(N)c1ccc(N2CCc3ccc(F)cc32)c(Cl)c1. The second kappa shape index (κ2) is 5.08. The Morgan fingerprint density at radius 1 is 1.20 bits per heavy atom. The average Bonchev–Trinajstić information content (AvgIpc) is 2.81. The zero-order valence-corrected chi connectivity index (χ0v) is 12.0. The Balaban J connectivity index is 2.02. The summed E-state index contributed by atoms with van der Waals surface area (Å²) >= 11 is 6.37. The largest absolute Gasteiger partial charge is 0.340 e. The number of hydrogen-bond donors (Lipinski definition) is 1. The Hall–Kier alpha value is -1.58. The fraction of sp³-hybridized carbons (Fsp3) is 0.250. The molecule has 20 heavy (non-hydrogen) atoms. The van der Waals surface area contributed by atoms with Gasteiger partial charge in [-0.3, -0.25) is 0 Å². The summed E-state index contributed by atoms with van der Waals surface area (Å²) in [5.74, 6) is -0.223. The molecule has 0 amide bonds. The molecule has 2 aromatic rings. The molecule has 0 bridgehead atoms. The summed E-state index contributed by atoms with van der Waals surface area (Å²) in [5.41, 5.74) is 9.82. The molecule has 1 unspecified atom stereocenters. The van der Waals surface area contributed by atoms with Gasteiger partial charge in [-0.25, -0.2) is 4.39 Å². The summed E-state index contributed by atoms with van der Waals surface area (Å²) in [6.45, 7) is 2.74. The molecular formula is C16H16ClFN2. The number of nitrogens with two attached hydrogens (primary N) is 1. The molecule has 1 aliphatic rings. The zero-order valence-electron chi connectivity index (χ0n) is 11.2. The predicted octanol–water partition coefficient (Wildman–Crippen LogP) is 4.19. The average molecular weight is 291 g/mol. The first-order valence-electron chi connectivity index (χ1n) is 6.67. The van der Waals surface area contributed by atoms with E-state index in [9.17, 15) is 4.39 Å². The Bertz CT molecular complexity index is 655. The van der Waals surface area contributed by atoms with Crippen LogP contribution in [0.15, 0.2) is 36.4 Å². The first kappa shape index (κ1) is 13.4. The molecule has 3 rings (SSSR count). The van der Waals surface area contributed by atoms with Crippen LogP contribution < -0.4 is 10.6 Å². The summed E-state index contributed by atoms with van der Waals surface area (Å²) in [7, 11) is 0. The van der Waals surface area contributed by atoms with E-state index in [1.807, 2.05) is 31.2 Å². The molecule has 2 aromatic carbocycles. The fourth-order valence-electron chi connectivity index (χ4n) is 2.63. The molecule has 1 heterocycles. The van der Waals surface area contributed by atoms with Gasteiger partial charge in [0.1, 0.15) is 5.82 Å². The number of halogens is 2. The molecule has 0 fully saturated rings. The Morgan fingerprint density at radius 2 is 2.00 bits per heavy atom. The van der Waals surface area contributed by atoms with Gasteiger partial charge in [0.05, 0.1) is 10.7 Å². The van der Waals surface area contributed by atoms with Crippen LogP contribution in [0.25, 0.3) is 0 Å². The molecule has 0 aromatic heterocycles. The van der Waals surface area contributed by atoms with E-state index in [1.165, 1.54) is 6.07 Å². The molecule has 2 N–H and O–H groups in total. The van der Waals surface area contributed by atoms with Crippen LogP contribution in [0.2, 0.25) is 5.02 Å². The quantitative estimate of drug-likeness (QED) is 0.898. The van der Waals surface area contributed by atoms with E-state index in [2.05, 4.69) is 4.90 Å². The van der Waals surface area contributed by atoms with Crippen LogP contribution in [0.4, 0.5) is 15.8 Å². The lowest BCUT2D eigenvalue weighted by Crippen LogP contribution is -2.14. The van der Waals surface area contributed by atoms with Gasteiger partial charge in [-0.1, -0.05) is 23.7 Å². The maximum absolute atomic E-state index is 13.4. The lowest BCUT2D eigenvalue weighted by molar-refractivity contribution is 0.628. The lowest BCUT2D eigenvalue weighted by atomic mass is 10.1. The van der Waals surface area contributed by atoms with Gasteiger partial charge in [0.25, 0.3) is 0 Å². The molecule has 0 aliphatic carbocycles. The van der Waals surface area contributed by atoms with Gasteiger partial charge >= 0.3 is 0 Å². The second-order valence-corrected chi connectivity index (χ2v) is 5.58. The molecule has 0 radical (unpaired) electrons. The third kappa shape index (κ3) is 2.28. The monoisotopic (exact) mass is 290 g/mol. The summed E-state index contributed by atoms with van der Waals surface area (Å²) in [4.78, 5) is 2.06. The van der Waals surface area contributed by atoms with E-state index >= 15 is 0 Å². The van der Waals surface area contributed by atoms with Crippen LogP contribution in [0.3, 0.4) is 0 Å². The van der Waals surface area contributed by atoms with Crippen molar-refractivity contribution in [3.05, 3.63) is 58.4 Å². The molecule has 1 aliphatic heterocycles. The smallest absolute Gasteiger partial charge is 0.125 e. The van der Waals surface area contributed by atoms with Crippen LogP contribution in [0.5, 0.6) is 0 Å². The van der Waals surface area contributed by atoms with Crippen molar-refractivity contribution >= 4 is 23.0 Å². The minimum Gasteiger partial charge on any atom is -0.340 e.